The van der Waals surface area contributed by atoms with Crippen LogP contribution in [0.25, 0.3) is 0 Å². The minimum absolute atomic E-state index is 0.171. The topological polar surface area (TPSA) is 104 Å². The molecular weight excluding hydrogens is 390 g/mol. The van der Waals surface area contributed by atoms with Crippen LogP contribution in [0.1, 0.15) is 36.2 Å². The molecule has 162 valence electrons. The highest BCUT2D eigenvalue weighted by atomic mass is 16.6. The molecule has 0 radical (unpaired) electrons. The van der Waals surface area contributed by atoms with E-state index in [9.17, 15) is 14.7 Å². The standard InChI is InChI=1S/C22H27NO7/c1-14(2)10-15-7-8-17(18(11-15)27-3)29-20(24)12-19(22(26)28-4)30-21(25)16-6-5-9-23-13-16/h5-9,11,13-14,19-20,24H,10,12H2,1-4H3. The molecule has 0 fully saturated rings. The first-order chi connectivity index (χ1) is 14.3. The molecule has 2 rings (SSSR count). The molecule has 0 spiro atoms. The van der Waals surface area contributed by atoms with Crippen LogP contribution in [0.5, 0.6) is 11.5 Å². The number of carbonyl (C=O) groups is 2. The second-order valence-electron chi connectivity index (χ2n) is 7.05. The maximum absolute atomic E-state index is 12.2. The molecule has 0 bridgehead atoms. The molecule has 2 unspecified atom stereocenters. The van der Waals surface area contributed by atoms with Gasteiger partial charge in [0.2, 0.25) is 12.4 Å². The highest BCUT2D eigenvalue weighted by Crippen LogP contribution is 2.30. The Kier molecular flexibility index (Phi) is 8.61. The third-order valence-electron chi connectivity index (χ3n) is 4.16. The molecular formula is C22H27NO7. The summed E-state index contributed by atoms with van der Waals surface area (Å²) in [5.74, 6) is -0.341. The molecule has 0 saturated heterocycles. The molecule has 8 nitrogen and oxygen atoms in total. The number of esters is 2. The van der Waals surface area contributed by atoms with E-state index < -0.39 is 24.3 Å². The SMILES string of the molecule is COC(=O)C(CC(O)Oc1ccc(CC(C)C)cc1OC)OC(=O)c1cccnc1. The predicted octanol–water partition coefficient (Wildman–Crippen LogP) is 2.77. The minimum atomic E-state index is -1.44. The molecule has 8 heteroatoms. The van der Waals surface area contributed by atoms with Crippen LogP contribution in [0.2, 0.25) is 0 Å². The van der Waals surface area contributed by atoms with E-state index in [0.717, 1.165) is 19.1 Å². The monoisotopic (exact) mass is 417 g/mol. The van der Waals surface area contributed by atoms with Gasteiger partial charge in [-0.15, -0.1) is 0 Å². The largest absolute Gasteiger partial charge is 0.493 e. The van der Waals surface area contributed by atoms with Crippen molar-refractivity contribution in [2.75, 3.05) is 14.2 Å². The Balaban J connectivity index is 2.07. The smallest absolute Gasteiger partial charge is 0.347 e. The van der Waals surface area contributed by atoms with Gasteiger partial charge in [0, 0.05) is 12.4 Å². The van der Waals surface area contributed by atoms with Crippen molar-refractivity contribution >= 4 is 11.9 Å². The second kappa shape index (κ2) is 11.2. The van der Waals surface area contributed by atoms with E-state index in [1.807, 2.05) is 12.1 Å². The van der Waals surface area contributed by atoms with Crippen LogP contribution in [-0.4, -0.2) is 48.6 Å². The maximum Gasteiger partial charge on any atom is 0.347 e. The molecule has 2 atom stereocenters. The zero-order valence-electron chi connectivity index (χ0n) is 17.5. The summed E-state index contributed by atoms with van der Waals surface area (Å²) in [5.41, 5.74) is 1.24. The summed E-state index contributed by atoms with van der Waals surface area (Å²) in [5, 5.41) is 10.3. The number of benzene rings is 1. The van der Waals surface area contributed by atoms with Crippen molar-refractivity contribution in [1.29, 1.82) is 0 Å². The number of nitrogens with zero attached hydrogens (tertiary/aromatic N) is 1. The van der Waals surface area contributed by atoms with Gasteiger partial charge < -0.3 is 24.1 Å². The van der Waals surface area contributed by atoms with Gasteiger partial charge in [0.25, 0.3) is 0 Å². The number of hydrogen-bond donors (Lipinski definition) is 1. The molecule has 1 N–H and O–H groups in total. The summed E-state index contributed by atoms with van der Waals surface area (Å²) < 4.78 is 20.7. The number of pyridine rings is 1. The summed E-state index contributed by atoms with van der Waals surface area (Å²) in [6, 6.07) is 8.47. The lowest BCUT2D eigenvalue weighted by Crippen LogP contribution is -2.34. The van der Waals surface area contributed by atoms with E-state index in [1.54, 1.807) is 12.1 Å². The van der Waals surface area contributed by atoms with Gasteiger partial charge >= 0.3 is 11.9 Å². The number of methoxy groups -OCH3 is 2. The summed E-state index contributed by atoms with van der Waals surface area (Å²) in [6.07, 6.45) is 0.562. The fourth-order valence-electron chi connectivity index (χ4n) is 2.79. The van der Waals surface area contributed by atoms with Gasteiger partial charge in [-0.25, -0.2) is 9.59 Å². The number of ether oxygens (including phenoxy) is 4. The average molecular weight is 417 g/mol. The van der Waals surface area contributed by atoms with E-state index >= 15 is 0 Å². The minimum Gasteiger partial charge on any atom is -0.493 e. The summed E-state index contributed by atoms with van der Waals surface area (Å²) in [6.45, 7) is 4.22. The molecule has 1 aromatic carbocycles. The Bertz CT molecular complexity index is 839. The highest BCUT2D eigenvalue weighted by Gasteiger charge is 2.29. The summed E-state index contributed by atoms with van der Waals surface area (Å²) >= 11 is 0. The zero-order valence-corrected chi connectivity index (χ0v) is 17.5. The molecule has 0 aliphatic carbocycles. The lowest BCUT2D eigenvalue weighted by Gasteiger charge is -2.21. The third-order valence-corrected chi connectivity index (χ3v) is 4.16. The summed E-state index contributed by atoms with van der Waals surface area (Å²) in [4.78, 5) is 28.1. The predicted molar refractivity (Wildman–Crippen MR) is 108 cm³/mol. The van der Waals surface area contributed by atoms with Crippen LogP contribution in [0.3, 0.4) is 0 Å². The molecule has 30 heavy (non-hydrogen) atoms. The van der Waals surface area contributed by atoms with Gasteiger partial charge in [-0.3, -0.25) is 4.98 Å². The highest BCUT2D eigenvalue weighted by molar-refractivity contribution is 5.91. The summed E-state index contributed by atoms with van der Waals surface area (Å²) in [7, 11) is 2.66. The van der Waals surface area contributed by atoms with Gasteiger partial charge in [0.15, 0.2) is 11.5 Å². The third kappa shape index (κ3) is 6.73. The van der Waals surface area contributed by atoms with Crippen LogP contribution in [-0.2, 0) is 20.7 Å². The first-order valence-corrected chi connectivity index (χ1v) is 9.54. The second-order valence-corrected chi connectivity index (χ2v) is 7.05. The lowest BCUT2D eigenvalue weighted by atomic mass is 10.0. The van der Waals surface area contributed by atoms with Gasteiger partial charge in [0.05, 0.1) is 26.2 Å². The number of rotatable bonds is 10. The van der Waals surface area contributed by atoms with Crippen LogP contribution >= 0.6 is 0 Å². The Morgan fingerprint density at radius 2 is 1.90 bits per heavy atom. The Morgan fingerprint density at radius 3 is 2.50 bits per heavy atom. The number of hydrogen-bond acceptors (Lipinski definition) is 8. The van der Waals surface area contributed by atoms with Gasteiger partial charge in [-0.1, -0.05) is 19.9 Å². The molecule has 0 saturated carbocycles. The average Bonchev–Trinajstić information content (AvgIpc) is 2.73. The molecule has 1 heterocycles. The van der Waals surface area contributed by atoms with Crippen molar-refractivity contribution in [3.05, 3.63) is 53.9 Å². The van der Waals surface area contributed by atoms with Crippen molar-refractivity contribution in [2.45, 2.75) is 39.1 Å². The van der Waals surface area contributed by atoms with E-state index in [1.165, 1.54) is 25.6 Å². The number of aliphatic hydroxyl groups is 1. The number of carbonyl (C=O) groups excluding carboxylic acids is 2. The van der Waals surface area contributed by atoms with Crippen molar-refractivity contribution in [3.63, 3.8) is 0 Å². The normalized spacial score (nSPS) is 12.7. The van der Waals surface area contributed by atoms with E-state index in [-0.39, 0.29) is 12.0 Å². The Hall–Kier alpha value is -3.13. The Labute approximate surface area is 175 Å². The first kappa shape index (κ1) is 23.2. The van der Waals surface area contributed by atoms with Crippen molar-refractivity contribution < 1.29 is 33.6 Å². The molecule has 1 aromatic heterocycles. The number of aromatic nitrogens is 1. The van der Waals surface area contributed by atoms with Crippen LogP contribution in [0.15, 0.2) is 42.7 Å². The van der Waals surface area contributed by atoms with E-state index in [0.29, 0.717) is 17.4 Å². The maximum atomic E-state index is 12.2. The quantitative estimate of drug-likeness (QED) is 0.465. The van der Waals surface area contributed by atoms with E-state index in [4.69, 9.17) is 14.2 Å². The van der Waals surface area contributed by atoms with Gasteiger partial charge in [0.1, 0.15) is 0 Å². The van der Waals surface area contributed by atoms with Crippen LogP contribution < -0.4 is 9.47 Å². The molecule has 2 aromatic rings. The van der Waals surface area contributed by atoms with Crippen LogP contribution in [0, 0.1) is 5.92 Å². The lowest BCUT2D eigenvalue weighted by molar-refractivity contribution is -0.155. The van der Waals surface area contributed by atoms with Gasteiger partial charge in [-0.2, -0.15) is 0 Å². The molecule has 0 aliphatic rings. The first-order valence-electron chi connectivity index (χ1n) is 9.54. The number of aliphatic hydroxyl groups excluding tert-OH is 1. The fraction of sp³-hybridized carbons (Fsp3) is 0.409. The Morgan fingerprint density at radius 1 is 1.13 bits per heavy atom. The van der Waals surface area contributed by atoms with Crippen LogP contribution in [0.4, 0.5) is 0 Å². The van der Waals surface area contributed by atoms with Gasteiger partial charge in [-0.05, 0) is 42.2 Å². The fourth-order valence-corrected chi connectivity index (χ4v) is 2.79. The molecule has 0 amide bonds. The van der Waals surface area contributed by atoms with Crippen molar-refractivity contribution in [2.24, 2.45) is 5.92 Å². The van der Waals surface area contributed by atoms with Crippen molar-refractivity contribution in [1.82, 2.24) is 4.98 Å². The van der Waals surface area contributed by atoms with E-state index in [2.05, 4.69) is 23.6 Å². The molecule has 0 aliphatic heterocycles. The van der Waals surface area contributed by atoms with Crippen molar-refractivity contribution in [3.8, 4) is 11.5 Å². The zero-order chi connectivity index (χ0) is 22.1.